The number of esters is 1. The molecule has 0 N–H and O–H groups in total. The molecule has 1 heterocycles. The number of carbonyl (C=O) groups excluding carboxylic acids is 1. The number of benzene rings is 2. The summed E-state index contributed by atoms with van der Waals surface area (Å²) in [5.41, 5.74) is 2.37. The van der Waals surface area contributed by atoms with Crippen molar-refractivity contribution in [2.75, 3.05) is 13.7 Å². The quantitative estimate of drug-likeness (QED) is 0.412. The van der Waals surface area contributed by atoms with Gasteiger partial charge in [0.15, 0.2) is 11.5 Å². The fourth-order valence-corrected chi connectivity index (χ4v) is 3.02. The van der Waals surface area contributed by atoms with E-state index in [2.05, 4.69) is 4.98 Å². The Labute approximate surface area is 168 Å². The standard InChI is InChI=1S/C22H20ClNO4/c1-4-27-20-13-15(12-18(23)22(20)28-14(2)25)8-10-17-11-9-16-6-5-7-19(26-3)21(16)24-17/h5-13H,4H2,1-3H3. The van der Waals surface area contributed by atoms with E-state index >= 15 is 0 Å². The van der Waals surface area contributed by atoms with Gasteiger partial charge in [-0.05, 0) is 42.8 Å². The van der Waals surface area contributed by atoms with Crippen molar-refractivity contribution < 1.29 is 19.0 Å². The highest BCUT2D eigenvalue weighted by molar-refractivity contribution is 6.32. The number of para-hydroxylation sites is 1. The molecule has 0 fully saturated rings. The van der Waals surface area contributed by atoms with Gasteiger partial charge in [-0.25, -0.2) is 4.98 Å². The van der Waals surface area contributed by atoms with Crippen molar-refractivity contribution in [2.45, 2.75) is 13.8 Å². The van der Waals surface area contributed by atoms with Crippen LogP contribution in [0.1, 0.15) is 25.1 Å². The van der Waals surface area contributed by atoms with E-state index in [0.29, 0.717) is 17.4 Å². The minimum absolute atomic E-state index is 0.224. The van der Waals surface area contributed by atoms with Crippen molar-refractivity contribution in [1.82, 2.24) is 4.98 Å². The lowest BCUT2D eigenvalue weighted by molar-refractivity contribution is -0.132. The molecule has 0 unspecified atom stereocenters. The first kappa shape index (κ1) is 19.7. The van der Waals surface area contributed by atoms with Crippen LogP contribution in [0.3, 0.4) is 0 Å². The topological polar surface area (TPSA) is 57.6 Å². The van der Waals surface area contributed by atoms with Crippen molar-refractivity contribution in [3.63, 3.8) is 0 Å². The molecule has 0 atom stereocenters. The molecule has 3 rings (SSSR count). The first-order valence-electron chi connectivity index (χ1n) is 8.78. The Hall–Kier alpha value is -3.05. The third kappa shape index (κ3) is 4.43. The zero-order valence-corrected chi connectivity index (χ0v) is 16.6. The molecule has 3 aromatic rings. The smallest absolute Gasteiger partial charge is 0.308 e. The lowest BCUT2D eigenvalue weighted by atomic mass is 10.1. The summed E-state index contributed by atoms with van der Waals surface area (Å²) in [6, 6.07) is 13.2. The van der Waals surface area contributed by atoms with Gasteiger partial charge in [-0.1, -0.05) is 35.9 Å². The first-order valence-corrected chi connectivity index (χ1v) is 9.16. The van der Waals surface area contributed by atoms with E-state index in [0.717, 1.165) is 27.9 Å². The van der Waals surface area contributed by atoms with Gasteiger partial charge in [0.1, 0.15) is 11.3 Å². The molecule has 0 aliphatic rings. The summed E-state index contributed by atoms with van der Waals surface area (Å²) in [4.78, 5) is 16.0. The van der Waals surface area contributed by atoms with Gasteiger partial charge >= 0.3 is 5.97 Å². The van der Waals surface area contributed by atoms with Crippen LogP contribution in [0, 0.1) is 0 Å². The Morgan fingerprint density at radius 2 is 1.96 bits per heavy atom. The number of ether oxygens (including phenoxy) is 3. The van der Waals surface area contributed by atoms with Crippen LogP contribution in [0.15, 0.2) is 42.5 Å². The van der Waals surface area contributed by atoms with Crippen LogP contribution in [-0.2, 0) is 4.79 Å². The third-order valence-electron chi connectivity index (χ3n) is 3.95. The molecule has 5 nitrogen and oxygen atoms in total. The lowest BCUT2D eigenvalue weighted by Crippen LogP contribution is -2.05. The number of hydrogen-bond donors (Lipinski definition) is 0. The van der Waals surface area contributed by atoms with Gasteiger partial charge in [0.2, 0.25) is 0 Å². The molecule has 6 heteroatoms. The van der Waals surface area contributed by atoms with E-state index in [9.17, 15) is 4.79 Å². The number of fused-ring (bicyclic) bond motifs is 1. The molecule has 0 spiro atoms. The Kier molecular flexibility index (Phi) is 6.16. The lowest BCUT2D eigenvalue weighted by Gasteiger charge is -2.12. The molecule has 0 bridgehead atoms. The van der Waals surface area contributed by atoms with E-state index in [-0.39, 0.29) is 5.75 Å². The highest BCUT2D eigenvalue weighted by Gasteiger charge is 2.14. The summed E-state index contributed by atoms with van der Waals surface area (Å²) in [5, 5.41) is 1.30. The fraction of sp³-hybridized carbons (Fsp3) is 0.182. The van der Waals surface area contributed by atoms with Gasteiger partial charge in [-0.3, -0.25) is 4.79 Å². The highest BCUT2D eigenvalue weighted by Crippen LogP contribution is 2.37. The van der Waals surface area contributed by atoms with E-state index < -0.39 is 5.97 Å². The zero-order valence-electron chi connectivity index (χ0n) is 15.9. The molecule has 0 radical (unpaired) electrons. The molecule has 1 aromatic heterocycles. The number of carbonyl (C=O) groups is 1. The van der Waals surface area contributed by atoms with Gasteiger partial charge in [-0.2, -0.15) is 0 Å². The molecule has 2 aromatic carbocycles. The maximum atomic E-state index is 11.3. The van der Waals surface area contributed by atoms with E-state index in [1.165, 1.54) is 6.92 Å². The molecular formula is C22H20ClNO4. The van der Waals surface area contributed by atoms with Crippen LogP contribution < -0.4 is 14.2 Å². The predicted octanol–water partition coefficient (Wildman–Crippen LogP) is 5.39. The second kappa shape index (κ2) is 8.76. The molecule has 28 heavy (non-hydrogen) atoms. The summed E-state index contributed by atoms with van der Waals surface area (Å²) >= 11 is 6.29. The van der Waals surface area contributed by atoms with Gasteiger partial charge in [0, 0.05) is 12.3 Å². The Morgan fingerprint density at radius 1 is 1.14 bits per heavy atom. The number of halogens is 1. The highest BCUT2D eigenvalue weighted by atomic mass is 35.5. The summed E-state index contributed by atoms with van der Waals surface area (Å²) in [6.07, 6.45) is 3.74. The number of nitrogens with zero attached hydrogens (tertiary/aromatic N) is 1. The second-order valence-electron chi connectivity index (χ2n) is 5.96. The molecule has 144 valence electrons. The van der Waals surface area contributed by atoms with Crippen molar-refractivity contribution in [1.29, 1.82) is 0 Å². The molecule has 0 saturated heterocycles. The van der Waals surface area contributed by atoms with Crippen LogP contribution in [0.25, 0.3) is 23.1 Å². The van der Waals surface area contributed by atoms with Crippen LogP contribution in [0.4, 0.5) is 0 Å². The van der Waals surface area contributed by atoms with Crippen LogP contribution >= 0.6 is 11.6 Å². The van der Waals surface area contributed by atoms with Crippen molar-refractivity contribution in [3.05, 3.63) is 58.7 Å². The number of hydrogen-bond acceptors (Lipinski definition) is 5. The molecular weight excluding hydrogens is 378 g/mol. The molecule has 0 aliphatic carbocycles. The number of rotatable bonds is 6. The maximum absolute atomic E-state index is 11.3. The Balaban J connectivity index is 1.95. The van der Waals surface area contributed by atoms with Crippen molar-refractivity contribution in [3.8, 4) is 17.2 Å². The van der Waals surface area contributed by atoms with Crippen molar-refractivity contribution in [2.24, 2.45) is 0 Å². The van der Waals surface area contributed by atoms with Crippen LogP contribution in [-0.4, -0.2) is 24.7 Å². The Morgan fingerprint density at radius 3 is 2.68 bits per heavy atom. The zero-order chi connectivity index (χ0) is 20.1. The summed E-state index contributed by atoms with van der Waals surface area (Å²) in [5.74, 6) is 0.903. The van der Waals surface area contributed by atoms with Gasteiger partial charge < -0.3 is 14.2 Å². The van der Waals surface area contributed by atoms with E-state index in [4.69, 9.17) is 25.8 Å². The minimum Gasteiger partial charge on any atom is -0.494 e. The molecule has 0 aliphatic heterocycles. The number of pyridine rings is 1. The monoisotopic (exact) mass is 397 g/mol. The van der Waals surface area contributed by atoms with Gasteiger partial charge in [-0.15, -0.1) is 0 Å². The molecule has 0 saturated carbocycles. The molecule has 0 amide bonds. The Bertz CT molecular complexity index is 1050. The summed E-state index contributed by atoms with van der Waals surface area (Å²) in [6.45, 7) is 3.59. The second-order valence-corrected chi connectivity index (χ2v) is 6.37. The largest absolute Gasteiger partial charge is 0.494 e. The normalized spacial score (nSPS) is 11.0. The van der Waals surface area contributed by atoms with E-state index in [1.54, 1.807) is 19.2 Å². The third-order valence-corrected chi connectivity index (χ3v) is 4.23. The summed E-state index contributed by atoms with van der Waals surface area (Å²) in [7, 11) is 1.63. The average Bonchev–Trinajstić information content (AvgIpc) is 2.68. The van der Waals surface area contributed by atoms with E-state index in [1.807, 2.05) is 49.4 Å². The minimum atomic E-state index is -0.458. The van der Waals surface area contributed by atoms with Crippen LogP contribution in [0.2, 0.25) is 5.02 Å². The average molecular weight is 398 g/mol. The van der Waals surface area contributed by atoms with Gasteiger partial charge in [0.25, 0.3) is 0 Å². The van der Waals surface area contributed by atoms with Crippen LogP contribution in [0.5, 0.6) is 17.2 Å². The number of methoxy groups -OCH3 is 1. The van der Waals surface area contributed by atoms with Gasteiger partial charge in [0.05, 0.1) is 24.4 Å². The summed E-state index contributed by atoms with van der Waals surface area (Å²) < 4.78 is 16.1. The first-order chi connectivity index (χ1) is 13.5. The van der Waals surface area contributed by atoms with Crippen molar-refractivity contribution >= 4 is 40.6 Å². The maximum Gasteiger partial charge on any atom is 0.308 e. The predicted molar refractivity (Wildman–Crippen MR) is 111 cm³/mol. The fourth-order valence-electron chi connectivity index (χ4n) is 2.76. The SMILES string of the molecule is CCOc1cc(C=Cc2ccc3cccc(OC)c3n2)cc(Cl)c1OC(C)=O. The number of aromatic nitrogens is 1.